The van der Waals surface area contributed by atoms with E-state index in [-0.39, 0.29) is 104 Å². The minimum Gasteiger partial charge on any atom is -0.466 e. The fourth-order valence-corrected chi connectivity index (χ4v) is 17.7. The Bertz CT molecular complexity index is 2050. The molecule has 6 bridgehead atoms. The van der Waals surface area contributed by atoms with E-state index in [4.69, 9.17) is 72.0 Å². The van der Waals surface area contributed by atoms with Gasteiger partial charge in [-0.05, 0) is 132 Å². The van der Waals surface area contributed by atoms with E-state index in [2.05, 4.69) is 41.5 Å². The molecule has 18 heteroatoms. The van der Waals surface area contributed by atoms with Crippen LogP contribution < -0.4 is 0 Å². The SMILES string of the molecule is C[C@@H]1CC[C@H]2[C@@H](C)C(CCOC(=O)CC(CC(=O)OCCC3O[C@@H]4O[C@]5(C)CC[C@H]6[C@H](C)CC[C@@H]([C@H]3C)[C@@]46OO5)C(=O)OCCC3O[C@@H]4O[C@]5(C)CC[C@H]6[C@H](C)CC[C@@H]([C@H]3C)[C@@]46OO5)O[C@@H]3O[C@]4(C)CC[C@@H]1[C@]32OO4. The van der Waals surface area contributed by atoms with Gasteiger partial charge in [-0.2, -0.15) is 0 Å². The van der Waals surface area contributed by atoms with Crippen molar-refractivity contribution < 1.29 is 86.3 Å². The first-order chi connectivity index (χ1) is 35.8. The quantitative estimate of drug-likeness (QED) is 0.0909. The molecule has 3 spiro atoms. The van der Waals surface area contributed by atoms with Crippen molar-refractivity contribution in [3.8, 4) is 0 Å². The van der Waals surface area contributed by atoms with Gasteiger partial charge in [0.1, 0.15) is 0 Å². The predicted octanol–water partition coefficient (Wildman–Crippen LogP) is 8.93. The average Bonchev–Trinajstić information content (AvgIpc) is 3.91. The summed E-state index contributed by atoms with van der Waals surface area (Å²) >= 11 is 0. The second-order valence-corrected chi connectivity index (χ2v) is 26.4. The molecule has 0 aromatic carbocycles. The lowest BCUT2D eigenvalue weighted by atomic mass is 9.57. The normalized spacial score (nSPS) is 52.4. The molecular formula is C57H86O18. The topological polar surface area (TPSA) is 190 Å². The van der Waals surface area contributed by atoms with Crippen molar-refractivity contribution in [1.82, 2.24) is 0 Å². The van der Waals surface area contributed by atoms with Gasteiger partial charge in [0.25, 0.3) is 0 Å². The summed E-state index contributed by atoms with van der Waals surface area (Å²) in [4.78, 5) is 78.8. The molecular weight excluding hydrogens is 973 g/mol. The molecule has 12 saturated heterocycles. The Morgan fingerprint density at radius 1 is 0.427 bits per heavy atom. The van der Waals surface area contributed by atoms with Crippen LogP contribution in [0.3, 0.4) is 0 Å². The molecule has 3 saturated carbocycles. The highest BCUT2D eigenvalue weighted by atomic mass is 17.3. The summed E-state index contributed by atoms with van der Waals surface area (Å²) in [6, 6.07) is 0. The molecule has 422 valence electrons. The van der Waals surface area contributed by atoms with Crippen LogP contribution in [-0.2, 0) is 86.3 Å². The molecule has 18 nitrogen and oxygen atoms in total. The zero-order valence-electron chi connectivity index (χ0n) is 46.0. The maximum atomic E-state index is 14.2. The maximum Gasteiger partial charge on any atom is 0.310 e. The lowest BCUT2D eigenvalue weighted by molar-refractivity contribution is -0.571. The smallest absolute Gasteiger partial charge is 0.310 e. The molecule has 12 heterocycles. The van der Waals surface area contributed by atoms with Gasteiger partial charge in [-0.25, -0.2) is 29.3 Å². The molecule has 12 aliphatic heterocycles. The first kappa shape index (κ1) is 53.6. The average molecular weight is 1060 g/mol. The summed E-state index contributed by atoms with van der Waals surface area (Å²) in [5.74, 6) is -3.14. The van der Waals surface area contributed by atoms with Crippen LogP contribution in [0.4, 0.5) is 0 Å². The van der Waals surface area contributed by atoms with Crippen molar-refractivity contribution >= 4 is 17.9 Å². The third-order valence-electron chi connectivity index (χ3n) is 22.0. The molecule has 0 aromatic heterocycles. The van der Waals surface area contributed by atoms with Crippen LogP contribution in [0, 0.1) is 76.9 Å². The maximum absolute atomic E-state index is 14.2. The summed E-state index contributed by atoms with van der Waals surface area (Å²) in [5.41, 5.74) is -2.09. The second-order valence-electron chi connectivity index (χ2n) is 26.4. The monoisotopic (exact) mass is 1060 g/mol. The van der Waals surface area contributed by atoms with Crippen molar-refractivity contribution in [3.63, 3.8) is 0 Å². The van der Waals surface area contributed by atoms with Crippen molar-refractivity contribution in [2.45, 2.75) is 243 Å². The largest absolute Gasteiger partial charge is 0.466 e. The van der Waals surface area contributed by atoms with Crippen molar-refractivity contribution in [3.05, 3.63) is 0 Å². The number of hydrogen-bond acceptors (Lipinski definition) is 18. The Hall–Kier alpha value is -2.07. The molecule has 3 aliphatic carbocycles. The van der Waals surface area contributed by atoms with Gasteiger partial charge in [0.2, 0.25) is 17.4 Å². The van der Waals surface area contributed by atoms with Crippen molar-refractivity contribution in [2.75, 3.05) is 19.8 Å². The van der Waals surface area contributed by atoms with E-state index >= 15 is 0 Å². The standard InChI is InChI=1S/C57H86O18/c1-30-10-13-40-33(4)43(64-49-55(40)37(30)16-22-52(7,67-49)70-73-55)19-25-61-46(58)28-36(48(60)63-27-21-45-35(6)42-15-12-32(3)39-18-24-54(9)69-51(66-45)57(39,42)75-72-54)29-47(59)62-26-20-44-34(5)41-14-11-31(2)38-17-23-53(8)68-50(65-44)56(38,41)74-71-53/h30-45,49-51H,10-29H2,1-9H3/t30-,31-,32-,33-,34-,35-,36?,37+,38+,39+,40+,41+,42+,43?,44?,45?,49-,50-,51-,52+,53+,54+,55-,56-,57-/m1/s1. The number of carbonyl (C=O) groups excluding carboxylic acids is 3. The second kappa shape index (κ2) is 19.9. The van der Waals surface area contributed by atoms with Gasteiger partial charge in [-0.3, -0.25) is 14.4 Å². The first-order valence-electron chi connectivity index (χ1n) is 29.4. The van der Waals surface area contributed by atoms with E-state index in [0.717, 1.165) is 70.6 Å². The van der Waals surface area contributed by atoms with Crippen LogP contribution in [0.25, 0.3) is 0 Å². The highest BCUT2D eigenvalue weighted by molar-refractivity contribution is 5.84. The van der Waals surface area contributed by atoms with Gasteiger partial charge in [0.15, 0.2) is 35.7 Å². The van der Waals surface area contributed by atoms with Gasteiger partial charge in [-0.1, -0.05) is 41.5 Å². The fraction of sp³-hybridized carbons (Fsp3) is 0.947. The van der Waals surface area contributed by atoms with Crippen LogP contribution >= 0.6 is 0 Å². The summed E-state index contributed by atoms with van der Waals surface area (Å²) in [6.07, 6.45) is 8.87. The van der Waals surface area contributed by atoms with Gasteiger partial charge < -0.3 is 42.6 Å². The van der Waals surface area contributed by atoms with Gasteiger partial charge in [0.05, 0.1) is 56.9 Å². The summed E-state index contributed by atoms with van der Waals surface area (Å²) in [6.45, 7) is 19.2. The van der Waals surface area contributed by atoms with E-state index < -0.39 is 76.9 Å². The Balaban J connectivity index is 0.689. The zero-order chi connectivity index (χ0) is 52.5. The van der Waals surface area contributed by atoms with E-state index in [0.29, 0.717) is 43.4 Å². The number of ether oxygens (including phenoxy) is 9. The highest BCUT2D eigenvalue weighted by Crippen LogP contribution is 2.64. The summed E-state index contributed by atoms with van der Waals surface area (Å²) in [7, 11) is 0. The van der Waals surface area contributed by atoms with Crippen molar-refractivity contribution in [2.24, 2.45) is 76.9 Å². The van der Waals surface area contributed by atoms with Gasteiger partial charge in [-0.15, -0.1) is 0 Å². The zero-order valence-corrected chi connectivity index (χ0v) is 46.0. The molecule has 3 unspecified atom stereocenters. The number of carbonyl (C=O) groups is 3. The molecule has 75 heavy (non-hydrogen) atoms. The molecule has 0 radical (unpaired) electrons. The highest BCUT2D eigenvalue weighted by Gasteiger charge is 2.72. The molecule has 0 N–H and O–H groups in total. The first-order valence-corrected chi connectivity index (χ1v) is 29.4. The Kier molecular flexibility index (Phi) is 14.2. The van der Waals surface area contributed by atoms with Gasteiger partial charge >= 0.3 is 17.9 Å². The minimum absolute atomic E-state index is 0.0157. The lowest BCUT2D eigenvalue weighted by Gasteiger charge is -2.60. The summed E-state index contributed by atoms with van der Waals surface area (Å²) in [5, 5.41) is 0. The third-order valence-corrected chi connectivity index (χ3v) is 22.0. The Morgan fingerprint density at radius 2 is 0.747 bits per heavy atom. The van der Waals surface area contributed by atoms with E-state index in [1.165, 1.54) is 0 Å². The number of esters is 3. The van der Waals surface area contributed by atoms with Crippen LogP contribution in [0.5, 0.6) is 0 Å². The molecule has 0 amide bonds. The van der Waals surface area contributed by atoms with E-state index in [1.807, 2.05) is 20.8 Å². The van der Waals surface area contributed by atoms with Crippen LogP contribution in [0.2, 0.25) is 0 Å². The third kappa shape index (κ3) is 8.89. The molecule has 15 aliphatic rings. The number of hydrogen-bond donors (Lipinski definition) is 0. The molecule has 24 atom stereocenters. The van der Waals surface area contributed by atoms with Crippen LogP contribution in [0.15, 0.2) is 0 Å². The van der Waals surface area contributed by atoms with E-state index in [1.54, 1.807) is 0 Å². The summed E-state index contributed by atoms with van der Waals surface area (Å²) < 4.78 is 57.7. The van der Waals surface area contributed by atoms with Crippen LogP contribution in [0.1, 0.15) is 171 Å². The van der Waals surface area contributed by atoms with Crippen molar-refractivity contribution in [1.29, 1.82) is 0 Å². The number of fused-ring (bicyclic) bond motifs is 6. The lowest BCUT2D eigenvalue weighted by Crippen LogP contribution is -2.70. The molecule has 15 rings (SSSR count). The van der Waals surface area contributed by atoms with Crippen LogP contribution in [-0.4, -0.2) is 109 Å². The molecule has 0 aromatic rings. The minimum atomic E-state index is -1.15. The molecule has 15 fully saturated rings. The van der Waals surface area contributed by atoms with Gasteiger partial charge in [0, 0.05) is 56.3 Å². The number of rotatable bonds is 14. The predicted molar refractivity (Wildman–Crippen MR) is 260 cm³/mol. The Morgan fingerprint density at radius 3 is 1.08 bits per heavy atom. The Labute approximate surface area is 442 Å². The van der Waals surface area contributed by atoms with E-state index in [9.17, 15) is 14.4 Å². The fourth-order valence-electron chi connectivity index (χ4n) is 17.7.